The van der Waals surface area contributed by atoms with Crippen molar-refractivity contribution in [1.82, 2.24) is 46.9 Å². The van der Waals surface area contributed by atoms with Gasteiger partial charge in [0.15, 0.2) is 11.0 Å². The molecule has 2 saturated heterocycles. The Kier molecular flexibility index (Phi) is 59.9. The van der Waals surface area contributed by atoms with Crippen LogP contribution in [-0.4, -0.2) is 385 Å². The number of ketones is 1. The highest BCUT2D eigenvalue weighted by molar-refractivity contribution is 7.88. The molecule has 20 atom stereocenters. The van der Waals surface area contributed by atoms with Crippen LogP contribution in [0.5, 0.6) is 0 Å². The van der Waals surface area contributed by atoms with Gasteiger partial charge in [-0.2, -0.15) is 42.1 Å². The Morgan fingerprint density at radius 3 is 1.40 bits per heavy atom. The third-order valence-corrected chi connectivity index (χ3v) is 20.5. The molecule has 0 spiro atoms. The van der Waals surface area contributed by atoms with Crippen molar-refractivity contribution in [2.45, 2.75) is 179 Å². The van der Waals surface area contributed by atoms with Gasteiger partial charge in [0.2, 0.25) is 35.3 Å². The Labute approximate surface area is 727 Å². The lowest BCUT2D eigenvalue weighted by molar-refractivity contribution is -0.304. The summed E-state index contributed by atoms with van der Waals surface area (Å²) >= 11 is 0. The number of nitrogens with zero attached hydrogens (tertiary/aromatic N) is 3. The van der Waals surface area contributed by atoms with Crippen molar-refractivity contribution in [3.63, 3.8) is 0 Å². The van der Waals surface area contributed by atoms with Crippen molar-refractivity contribution in [3.05, 3.63) is 11.9 Å². The molecule has 1 aromatic heterocycles. The standard InChI is InChI=1S/C15H26N2O9.C15H24O10.C8H13N3O4S.C8H15NO8S2.C7H13NO6S.C6H12NO5P.C6H11NO5S/c1-7(5-18)4-16-14(24)15(25)3-9(21)11(17-8(2)20)13(26-15)12(23)10(22)6-19;1-7(5-16)2-8(18)3-9-10(19)4-15(24,14(22)23)25-13(9)12(21)11(20)6-17;1-7(6-12)4-8-5-11(10-9-8)2-3-16(13,14)15;1-6(5-10)4-9-8(11)7(19(15,16)17)2-3-18(12,13)14;1-6(5-9)4-8-7(10)2-3-14-15(11,12)13;2*1-5(3-8)2-7-6(9)4-13(10,11)12/h5,7,9-13,19,21-23,25H,3-4,6H2,1-2H3,(H,16,24)(H,17,20);5,7,9-13,17,19-21,24H,2-4,6H2,1H3,(H,22,23);5-7H,2-4H2,1H3,(H,13,14,15);5-7H,2-4H2,1H3,(H,9,11)(H,12,13,14)(H,15,16,17);5-6H,2-4H2,1H3,(H,8,10)(H,11,12,13);3,5H,2,4H2,1H3,(H,7,9)(H2,10,11,12);3,5H,2,4H2,1H3,(H,7,9)(H,10,11,12). The number of Topliss-reactive ketones (excluding diaryl/α,β-unsaturated/α-hetero) is 1. The van der Waals surface area contributed by atoms with Crippen LogP contribution >= 0.6 is 7.60 Å². The summed E-state index contributed by atoms with van der Waals surface area (Å²) in [7, 11) is -26.3. The SMILES string of the molecule is CC(=O)NC1C(O)CC(O)(C(=O)NCC(C)C=O)OC1C(O)C(O)CO.CC(C=O)CC(=O)CC1C(O)CC(O)(C(=O)O)OC1C(O)C(O)CO.CC(C=O)CNC(=O)C(CCS(=O)(=O)O)S(=O)(=O)O.CC(C=O)CNC(=O)CCOS(=O)(=O)O.CC(C=O)CNC(=O)CP(=O)(O)O.CC(C=O)CNC(=O)CS(=O)(=O)O.CC(C=O)Cc1cn(CCS(=O)(=O)O)nn1. The van der Waals surface area contributed by atoms with Crippen LogP contribution in [0.4, 0.5) is 0 Å². The monoisotopic (exact) mass is 1960 g/mol. The lowest BCUT2D eigenvalue weighted by atomic mass is 9.79. The number of rotatable bonds is 48. The van der Waals surface area contributed by atoms with Gasteiger partial charge < -0.3 is 141 Å². The zero-order chi connectivity index (χ0) is 99.7. The number of carbonyl (C=O) groups excluding carboxylic acids is 14. The Bertz CT molecular complexity index is 4320. The maximum atomic E-state index is 12.2. The number of amides is 6. The van der Waals surface area contributed by atoms with Crippen molar-refractivity contribution in [2.75, 3.05) is 76.0 Å². The van der Waals surface area contributed by atoms with Gasteiger partial charge >= 0.3 is 24.0 Å². The molecule has 0 saturated carbocycles. The molecule has 3 rings (SSSR count). The van der Waals surface area contributed by atoms with Crippen LogP contribution in [0, 0.1) is 47.3 Å². The third-order valence-electron chi connectivity index (χ3n) is 16.1. The van der Waals surface area contributed by atoms with E-state index >= 15 is 0 Å². The number of aldehydes is 7. The fraction of sp³-hybridized carbons (Fsp3) is 0.738. The van der Waals surface area contributed by atoms with Crippen LogP contribution in [-0.2, 0) is 154 Å². The minimum atomic E-state index is -4.82. The molecule has 24 N–H and O–H groups in total. The van der Waals surface area contributed by atoms with E-state index in [0.29, 0.717) is 49.8 Å². The number of aromatic nitrogens is 3. The second-order valence-corrected chi connectivity index (χ2v) is 37.6. The maximum absolute atomic E-state index is 12.2. The van der Waals surface area contributed by atoms with E-state index in [9.17, 15) is 159 Å². The second kappa shape index (κ2) is 60.8. The van der Waals surface area contributed by atoms with Gasteiger partial charge in [0.05, 0.1) is 74.3 Å². The van der Waals surface area contributed by atoms with E-state index in [-0.39, 0.29) is 82.2 Å². The van der Waals surface area contributed by atoms with Gasteiger partial charge in [0.1, 0.15) is 86.5 Å². The minimum Gasteiger partial charge on any atom is -0.477 e. The van der Waals surface area contributed by atoms with Gasteiger partial charge in [-0.05, 0) is 6.42 Å². The predicted molar refractivity (Wildman–Crippen MR) is 426 cm³/mol. The van der Waals surface area contributed by atoms with Gasteiger partial charge in [0, 0.05) is 125 Å². The first-order valence-corrected chi connectivity index (χ1v) is 46.6. The van der Waals surface area contributed by atoms with E-state index in [2.05, 4.69) is 46.4 Å². The topological polar surface area (TPSA) is 939 Å². The number of aryl methyl sites for hydroxylation is 1. The smallest absolute Gasteiger partial charge is 0.397 e. The van der Waals surface area contributed by atoms with Gasteiger partial charge in [-0.25, -0.2) is 8.98 Å². The van der Waals surface area contributed by atoms with E-state index in [1.165, 1.54) is 25.5 Å². The van der Waals surface area contributed by atoms with Crippen LogP contribution in [0.1, 0.15) is 99.6 Å². The molecule has 736 valence electrons. The Morgan fingerprint density at radius 2 is 1.00 bits per heavy atom. The van der Waals surface area contributed by atoms with Crippen molar-refractivity contribution >= 4 is 150 Å². The number of ether oxygens (including phenoxy) is 2. The molecular weight excluding hydrogens is 1850 g/mol. The first-order valence-electron chi connectivity index (χ1n) is 37.1. The van der Waals surface area contributed by atoms with Gasteiger partial charge in [-0.1, -0.05) is 53.7 Å². The molecule has 56 nitrogen and oxygen atoms in total. The number of nitrogens with one attached hydrogen (secondary N) is 6. The average molecular weight is 1960 g/mol. The number of carboxylic acids is 1. The molecule has 127 heavy (non-hydrogen) atoms. The molecule has 1 aromatic rings. The van der Waals surface area contributed by atoms with Crippen molar-refractivity contribution < 1.29 is 221 Å². The summed E-state index contributed by atoms with van der Waals surface area (Å²) in [6.45, 7) is 10.2. The summed E-state index contributed by atoms with van der Waals surface area (Å²) in [6.07, 6.45) is -10.5. The molecular formula is C65H114N9O47PS5. The summed E-state index contributed by atoms with van der Waals surface area (Å²) in [5.74, 6) is -18.7. The maximum Gasteiger partial charge on any atom is 0.397 e. The second-order valence-electron chi connectivity index (χ2n) is 28.7. The minimum absolute atomic E-state index is 0.0430. The summed E-state index contributed by atoms with van der Waals surface area (Å²) in [5, 5.41) is 126. The fourth-order valence-electron chi connectivity index (χ4n) is 9.37. The summed E-state index contributed by atoms with van der Waals surface area (Å²) < 4.78 is 172. The Morgan fingerprint density at radius 1 is 0.583 bits per heavy atom. The highest BCUT2D eigenvalue weighted by Crippen LogP contribution is 2.37. The normalized spacial score (nSPS) is 21.5. The first-order chi connectivity index (χ1) is 58.0. The zero-order valence-electron chi connectivity index (χ0n) is 69.4. The van der Waals surface area contributed by atoms with Crippen LogP contribution in [0.3, 0.4) is 0 Å². The molecule has 0 radical (unpaired) electrons. The van der Waals surface area contributed by atoms with Gasteiger partial charge in [-0.3, -0.25) is 65.6 Å². The predicted octanol–water partition coefficient (Wildman–Crippen LogP) is -11.5. The van der Waals surface area contributed by atoms with Crippen LogP contribution in [0.2, 0.25) is 0 Å². The Hall–Kier alpha value is -8.03. The lowest BCUT2D eigenvalue weighted by Gasteiger charge is -2.45. The summed E-state index contributed by atoms with van der Waals surface area (Å²) in [6, 6.07) is -1.24. The van der Waals surface area contributed by atoms with E-state index in [1.807, 2.05) is 0 Å². The van der Waals surface area contributed by atoms with Crippen molar-refractivity contribution in [2.24, 2.45) is 47.3 Å². The van der Waals surface area contributed by atoms with Crippen LogP contribution in [0.25, 0.3) is 0 Å². The molecule has 6 amide bonds. The molecule has 0 bridgehead atoms. The lowest BCUT2D eigenvalue weighted by Crippen LogP contribution is -2.68. The number of aliphatic hydroxyl groups excluding tert-OH is 8. The summed E-state index contributed by atoms with van der Waals surface area (Å²) in [4.78, 5) is 180. The van der Waals surface area contributed by atoms with E-state index in [1.54, 1.807) is 33.9 Å². The molecule has 0 aliphatic carbocycles. The number of aliphatic carboxylic acids is 1. The molecule has 2 fully saturated rings. The van der Waals surface area contributed by atoms with Crippen molar-refractivity contribution in [1.29, 1.82) is 0 Å². The number of carbonyl (C=O) groups is 15. The molecule has 20 unspecified atom stereocenters. The molecule has 2 aliphatic heterocycles. The fourth-order valence-corrected chi connectivity index (χ4v) is 12.5. The number of hydrogen-bond acceptors (Lipinski definition) is 41. The highest BCUT2D eigenvalue weighted by atomic mass is 32.3. The largest absolute Gasteiger partial charge is 0.477 e. The summed E-state index contributed by atoms with van der Waals surface area (Å²) in [5.41, 5.74) is 0.620. The number of carboxylic acid groups (broad SMARTS) is 1. The van der Waals surface area contributed by atoms with E-state index < -0.39 is 264 Å². The quantitative estimate of drug-likeness (QED) is 0.0164. The molecule has 2 aliphatic rings. The highest BCUT2D eigenvalue weighted by Gasteiger charge is 2.55. The third kappa shape index (κ3) is 59.7. The molecule has 3 heterocycles. The Balaban J connectivity index is -0.000000707. The average Bonchev–Trinajstić information content (AvgIpc) is 1.36. The number of hydrogen-bond donors (Lipinski definition) is 24. The van der Waals surface area contributed by atoms with Gasteiger partial charge in [0.25, 0.3) is 52.2 Å². The number of aliphatic hydroxyl groups is 10. The van der Waals surface area contributed by atoms with E-state index in [0.717, 1.165) is 13.2 Å². The van der Waals surface area contributed by atoms with Crippen LogP contribution < -0.4 is 31.9 Å². The van der Waals surface area contributed by atoms with Crippen molar-refractivity contribution in [3.8, 4) is 0 Å². The van der Waals surface area contributed by atoms with Gasteiger partial charge in [-0.15, -0.1) is 5.10 Å². The zero-order valence-corrected chi connectivity index (χ0v) is 74.3. The van der Waals surface area contributed by atoms with E-state index in [4.69, 9.17) is 57.3 Å². The van der Waals surface area contributed by atoms with Crippen LogP contribution in [0.15, 0.2) is 6.20 Å². The molecule has 62 heteroatoms. The first kappa shape index (κ1) is 125. The molecule has 0 aromatic carbocycles.